The van der Waals surface area contributed by atoms with Crippen molar-refractivity contribution in [3.63, 3.8) is 0 Å². The Kier molecular flexibility index (Phi) is 7.78. The van der Waals surface area contributed by atoms with Crippen molar-refractivity contribution in [2.24, 2.45) is 0 Å². The van der Waals surface area contributed by atoms with Gasteiger partial charge in [-0.05, 0) is 65.0 Å². The standard InChI is InChI=1S/C55H35N5/c1-4-17-36(18-5-1)39-24-16-25-42(34-39)59-46-29-14-12-27-44(46)51-48(59)31-32-49-52(51)45-28-13-15-30-47(45)60(49)50-35-41(33-40-23-10-11-26-43(40)50)55-57-53(37-19-6-2-7-20-37)56-54(58-55)38-21-8-3-9-22-38/h1-35H. The lowest BCUT2D eigenvalue weighted by Crippen LogP contribution is -2.02. The van der Waals surface area contributed by atoms with Gasteiger partial charge >= 0.3 is 0 Å². The first-order valence-electron chi connectivity index (χ1n) is 20.3. The molecule has 0 atom stereocenters. The number of rotatable bonds is 6. The molecule has 280 valence electrons. The quantitative estimate of drug-likeness (QED) is 0.169. The highest BCUT2D eigenvalue weighted by molar-refractivity contribution is 6.29. The maximum atomic E-state index is 5.15. The SMILES string of the molecule is c1ccc(-c2cccc(-n3c4ccccc4c4c5c6ccccc6n(-c6cc(-c7nc(-c8ccccc8)nc(-c8ccccc8)n7)cc7ccccc67)c5ccc43)c2)cc1. The summed E-state index contributed by atoms with van der Waals surface area (Å²) >= 11 is 0. The van der Waals surface area contributed by atoms with Crippen LogP contribution in [0.2, 0.25) is 0 Å². The molecule has 5 nitrogen and oxygen atoms in total. The summed E-state index contributed by atoms with van der Waals surface area (Å²) in [6.45, 7) is 0. The van der Waals surface area contributed by atoms with Crippen LogP contribution in [-0.2, 0) is 0 Å². The molecule has 0 unspecified atom stereocenters. The van der Waals surface area contributed by atoms with Crippen LogP contribution in [-0.4, -0.2) is 24.1 Å². The highest BCUT2D eigenvalue weighted by Gasteiger charge is 2.22. The first kappa shape index (κ1) is 33.9. The van der Waals surface area contributed by atoms with Crippen LogP contribution < -0.4 is 0 Å². The second kappa shape index (κ2) is 13.8. The van der Waals surface area contributed by atoms with Crippen molar-refractivity contribution in [3.05, 3.63) is 212 Å². The first-order valence-corrected chi connectivity index (χ1v) is 20.3. The van der Waals surface area contributed by atoms with Crippen LogP contribution in [0, 0.1) is 0 Å². The topological polar surface area (TPSA) is 48.5 Å². The molecule has 0 amide bonds. The molecule has 3 aromatic heterocycles. The van der Waals surface area contributed by atoms with E-state index in [1.807, 2.05) is 36.4 Å². The monoisotopic (exact) mass is 765 g/mol. The number of aromatic nitrogens is 5. The zero-order valence-corrected chi connectivity index (χ0v) is 32.4. The molecule has 5 heteroatoms. The zero-order valence-electron chi connectivity index (χ0n) is 32.4. The van der Waals surface area contributed by atoms with Crippen LogP contribution in [0.5, 0.6) is 0 Å². The maximum absolute atomic E-state index is 5.15. The molecule has 0 aliphatic carbocycles. The Labute approximate surface area is 346 Å². The van der Waals surface area contributed by atoms with Crippen LogP contribution in [0.25, 0.3) is 111 Å². The molecule has 0 bridgehead atoms. The Morgan fingerprint density at radius 3 is 1.37 bits per heavy atom. The number of hydrogen-bond donors (Lipinski definition) is 0. The predicted octanol–water partition coefficient (Wildman–Crippen LogP) is 13.9. The number of benzene rings is 9. The number of hydrogen-bond acceptors (Lipinski definition) is 3. The van der Waals surface area contributed by atoms with E-state index in [4.69, 9.17) is 15.0 Å². The molecule has 0 fully saturated rings. The van der Waals surface area contributed by atoms with Crippen molar-refractivity contribution < 1.29 is 0 Å². The Morgan fingerprint density at radius 2 is 0.750 bits per heavy atom. The van der Waals surface area contributed by atoms with Crippen LogP contribution in [0.3, 0.4) is 0 Å². The van der Waals surface area contributed by atoms with Crippen molar-refractivity contribution in [2.75, 3.05) is 0 Å². The van der Waals surface area contributed by atoms with Gasteiger partial charge in [-0.3, -0.25) is 0 Å². The summed E-state index contributed by atoms with van der Waals surface area (Å²) in [6.07, 6.45) is 0. The molecule has 60 heavy (non-hydrogen) atoms. The predicted molar refractivity (Wildman–Crippen MR) is 248 cm³/mol. The Morgan fingerprint density at radius 1 is 0.283 bits per heavy atom. The van der Waals surface area contributed by atoms with Crippen LogP contribution in [0.1, 0.15) is 0 Å². The molecule has 9 aromatic carbocycles. The van der Waals surface area contributed by atoms with E-state index >= 15 is 0 Å². The molecule has 0 saturated carbocycles. The highest BCUT2D eigenvalue weighted by Crippen LogP contribution is 2.44. The van der Waals surface area contributed by atoms with E-state index in [-0.39, 0.29) is 0 Å². The second-order valence-electron chi connectivity index (χ2n) is 15.2. The smallest absolute Gasteiger partial charge is 0.164 e. The largest absolute Gasteiger partial charge is 0.309 e. The molecule has 3 heterocycles. The summed E-state index contributed by atoms with van der Waals surface area (Å²) in [7, 11) is 0. The lowest BCUT2D eigenvalue weighted by Gasteiger charge is -2.15. The van der Waals surface area contributed by atoms with Crippen molar-refractivity contribution in [1.82, 2.24) is 24.1 Å². The zero-order chi connectivity index (χ0) is 39.6. The van der Waals surface area contributed by atoms with E-state index in [9.17, 15) is 0 Å². The van der Waals surface area contributed by atoms with Crippen LogP contribution in [0.15, 0.2) is 212 Å². The molecule has 0 aliphatic rings. The summed E-state index contributed by atoms with van der Waals surface area (Å²) in [6, 6.07) is 75.1. The Balaban J connectivity index is 1.13. The van der Waals surface area contributed by atoms with Gasteiger partial charge in [-0.25, -0.2) is 15.0 Å². The van der Waals surface area contributed by atoms with Gasteiger partial charge in [-0.15, -0.1) is 0 Å². The molecule has 12 aromatic rings. The second-order valence-corrected chi connectivity index (χ2v) is 15.2. The number of nitrogens with zero attached hydrogens (tertiary/aromatic N) is 5. The molecular formula is C55H35N5. The van der Waals surface area contributed by atoms with E-state index < -0.39 is 0 Å². The molecule has 0 aliphatic heterocycles. The van der Waals surface area contributed by atoms with E-state index in [0.717, 1.165) is 49.9 Å². The van der Waals surface area contributed by atoms with Gasteiger partial charge in [0.2, 0.25) is 0 Å². The average molecular weight is 766 g/mol. The third kappa shape index (κ3) is 5.44. The molecule has 0 N–H and O–H groups in total. The average Bonchev–Trinajstić information content (AvgIpc) is 3.85. The van der Waals surface area contributed by atoms with Gasteiger partial charge in [0.15, 0.2) is 17.5 Å². The van der Waals surface area contributed by atoms with Gasteiger partial charge in [-0.2, -0.15) is 0 Å². The van der Waals surface area contributed by atoms with E-state index in [1.54, 1.807) is 0 Å². The minimum Gasteiger partial charge on any atom is -0.309 e. The lowest BCUT2D eigenvalue weighted by molar-refractivity contribution is 1.07. The molecule has 0 saturated heterocycles. The van der Waals surface area contributed by atoms with Crippen molar-refractivity contribution in [2.45, 2.75) is 0 Å². The van der Waals surface area contributed by atoms with E-state index in [2.05, 4.69) is 185 Å². The minimum absolute atomic E-state index is 0.624. The summed E-state index contributed by atoms with van der Waals surface area (Å²) in [4.78, 5) is 15.3. The number of fused-ring (bicyclic) bond motifs is 8. The molecule has 0 radical (unpaired) electrons. The fourth-order valence-corrected chi connectivity index (χ4v) is 9.05. The van der Waals surface area contributed by atoms with Crippen LogP contribution >= 0.6 is 0 Å². The summed E-state index contributed by atoms with van der Waals surface area (Å²) in [5.74, 6) is 1.90. The fourth-order valence-electron chi connectivity index (χ4n) is 9.05. The molecule has 0 spiro atoms. The third-order valence-electron chi connectivity index (χ3n) is 11.7. The first-order chi connectivity index (χ1) is 29.8. The van der Waals surface area contributed by atoms with Crippen molar-refractivity contribution >= 4 is 54.4 Å². The highest BCUT2D eigenvalue weighted by atomic mass is 15.0. The van der Waals surface area contributed by atoms with Crippen LogP contribution in [0.4, 0.5) is 0 Å². The fraction of sp³-hybridized carbons (Fsp3) is 0. The summed E-state index contributed by atoms with van der Waals surface area (Å²) in [5, 5.41) is 7.13. The van der Waals surface area contributed by atoms with Gasteiger partial charge in [-0.1, -0.05) is 164 Å². The van der Waals surface area contributed by atoms with E-state index in [0.29, 0.717) is 17.5 Å². The lowest BCUT2D eigenvalue weighted by atomic mass is 10.0. The maximum Gasteiger partial charge on any atom is 0.164 e. The van der Waals surface area contributed by atoms with Gasteiger partial charge in [0.05, 0.1) is 27.8 Å². The summed E-state index contributed by atoms with van der Waals surface area (Å²) in [5.41, 5.74) is 12.0. The van der Waals surface area contributed by atoms with Crippen molar-refractivity contribution in [1.29, 1.82) is 0 Å². The summed E-state index contributed by atoms with van der Waals surface area (Å²) < 4.78 is 4.86. The molecular weight excluding hydrogens is 731 g/mol. The normalized spacial score (nSPS) is 11.7. The van der Waals surface area contributed by atoms with Gasteiger partial charge in [0.25, 0.3) is 0 Å². The third-order valence-corrected chi connectivity index (χ3v) is 11.7. The number of para-hydroxylation sites is 2. The Bertz CT molecular complexity index is 3530. The van der Waals surface area contributed by atoms with Gasteiger partial charge < -0.3 is 9.13 Å². The van der Waals surface area contributed by atoms with Crippen molar-refractivity contribution in [3.8, 4) is 56.7 Å². The van der Waals surface area contributed by atoms with Gasteiger partial charge in [0.1, 0.15) is 0 Å². The Hall–Kier alpha value is -8.15. The van der Waals surface area contributed by atoms with Gasteiger partial charge in [0, 0.05) is 49.3 Å². The minimum atomic E-state index is 0.624. The molecule has 12 rings (SSSR count). The van der Waals surface area contributed by atoms with E-state index in [1.165, 1.54) is 43.7 Å².